The fourth-order valence-corrected chi connectivity index (χ4v) is 1.23. The van der Waals surface area contributed by atoms with Gasteiger partial charge in [0.1, 0.15) is 0 Å². The first kappa shape index (κ1) is 10.2. The predicted molar refractivity (Wildman–Crippen MR) is 51.5 cm³/mol. The van der Waals surface area contributed by atoms with Gasteiger partial charge in [0.25, 0.3) is 0 Å². The maximum atomic E-state index is 9.54. The number of hydrogen-bond donors (Lipinski definition) is 2. The molecule has 4 heteroatoms. The third kappa shape index (κ3) is 3.57. The lowest BCUT2D eigenvalue weighted by Crippen LogP contribution is -2.27. The molecule has 1 aromatic heterocycles. The molecular weight excluding hydrogens is 166 g/mol. The largest absolute Gasteiger partial charge is 0.391 e. The minimum atomic E-state index is -0.316. The Labute approximate surface area is 78.6 Å². The minimum Gasteiger partial charge on any atom is -0.391 e. The Bertz CT molecular complexity index is 247. The molecule has 0 bridgehead atoms. The number of aromatic nitrogens is 2. The van der Waals surface area contributed by atoms with Crippen LogP contribution >= 0.6 is 0 Å². The summed E-state index contributed by atoms with van der Waals surface area (Å²) in [7, 11) is 1.88. The molecule has 0 aromatic carbocycles. The molecule has 2 N–H and O–H groups in total. The highest BCUT2D eigenvalue weighted by Crippen LogP contribution is 2.00. The summed E-state index contributed by atoms with van der Waals surface area (Å²) in [6.07, 6.45) is 4.06. The monoisotopic (exact) mass is 183 g/mol. The second kappa shape index (κ2) is 4.99. The lowest BCUT2D eigenvalue weighted by molar-refractivity contribution is 0.172. The van der Waals surface area contributed by atoms with E-state index in [0.717, 1.165) is 12.1 Å². The second-order valence-electron chi connectivity index (χ2n) is 3.19. The van der Waals surface area contributed by atoms with E-state index in [-0.39, 0.29) is 6.10 Å². The molecule has 0 aliphatic rings. The van der Waals surface area contributed by atoms with E-state index in [1.165, 1.54) is 0 Å². The SMILES string of the molecule is CCNCC(O)Cc1cnn(C)c1. The van der Waals surface area contributed by atoms with Gasteiger partial charge in [-0.1, -0.05) is 6.92 Å². The molecule has 13 heavy (non-hydrogen) atoms. The van der Waals surface area contributed by atoms with E-state index >= 15 is 0 Å². The molecule has 0 saturated carbocycles. The van der Waals surface area contributed by atoms with Crippen molar-refractivity contribution in [2.24, 2.45) is 7.05 Å². The first-order chi connectivity index (χ1) is 6.22. The fraction of sp³-hybridized carbons (Fsp3) is 0.667. The summed E-state index contributed by atoms with van der Waals surface area (Å²) in [6, 6.07) is 0. The Morgan fingerprint density at radius 1 is 1.69 bits per heavy atom. The number of aliphatic hydroxyl groups excluding tert-OH is 1. The molecule has 0 aliphatic heterocycles. The first-order valence-electron chi connectivity index (χ1n) is 4.58. The lowest BCUT2D eigenvalue weighted by Gasteiger charge is -2.08. The van der Waals surface area contributed by atoms with Crippen molar-refractivity contribution >= 4 is 0 Å². The van der Waals surface area contributed by atoms with Crippen molar-refractivity contribution in [1.82, 2.24) is 15.1 Å². The van der Waals surface area contributed by atoms with Gasteiger partial charge in [0.05, 0.1) is 12.3 Å². The molecule has 0 spiro atoms. The zero-order chi connectivity index (χ0) is 9.68. The number of nitrogens with zero attached hydrogens (tertiary/aromatic N) is 2. The minimum absolute atomic E-state index is 0.316. The molecule has 0 fully saturated rings. The number of hydrogen-bond acceptors (Lipinski definition) is 3. The lowest BCUT2D eigenvalue weighted by atomic mass is 10.1. The zero-order valence-electron chi connectivity index (χ0n) is 8.20. The summed E-state index contributed by atoms with van der Waals surface area (Å²) < 4.78 is 1.75. The van der Waals surface area contributed by atoms with Gasteiger partial charge in [0, 0.05) is 26.2 Å². The van der Waals surface area contributed by atoms with Gasteiger partial charge < -0.3 is 10.4 Å². The van der Waals surface area contributed by atoms with Crippen molar-refractivity contribution in [1.29, 1.82) is 0 Å². The Balaban J connectivity index is 2.31. The van der Waals surface area contributed by atoms with Gasteiger partial charge in [0.15, 0.2) is 0 Å². The zero-order valence-corrected chi connectivity index (χ0v) is 8.20. The Morgan fingerprint density at radius 3 is 3.00 bits per heavy atom. The molecule has 4 nitrogen and oxygen atoms in total. The summed E-state index contributed by atoms with van der Waals surface area (Å²) >= 11 is 0. The second-order valence-corrected chi connectivity index (χ2v) is 3.19. The molecule has 1 aromatic rings. The molecule has 1 rings (SSSR count). The van der Waals surface area contributed by atoms with Crippen LogP contribution in [0.2, 0.25) is 0 Å². The van der Waals surface area contributed by atoms with Gasteiger partial charge in [-0.3, -0.25) is 4.68 Å². The smallest absolute Gasteiger partial charge is 0.0706 e. The van der Waals surface area contributed by atoms with Crippen LogP contribution in [-0.2, 0) is 13.5 Å². The van der Waals surface area contributed by atoms with E-state index in [1.54, 1.807) is 10.9 Å². The van der Waals surface area contributed by atoms with Crippen LogP contribution in [0.5, 0.6) is 0 Å². The van der Waals surface area contributed by atoms with Crippen LogP contribution in [0.4, 0.5) is 0 Å². The summed E-state index contributed by atoms with van der Waals surface area (Å²) in [5.41, 5.74) is 1.08. The summed E-state index contributed by atoms with van der Waals surface area (Å²) in [6.45, 7) is 3.56. The fourth-order valence-electron chi connectivity index (χ4n) is 1.23. The molecule has 0 amide bonds. The van der Waals surface area contributed by atoms with Crippen molar-refractivity contribution < 1.29 is 5.11 Å². The maximum Gasteiger partial charge on any atom is 0.0706 e. The third-order valence-corrected chi connectivity index (χ3v) is 1.86. The first-order valence-corrected chi connectivity index (χ1v) is 4.58. The number of aliphatic hydroxyl groups is 1. The highest BCUT2D eigenvalue weighted by Gasteiger charge is 2.05. The molecule has 0 saturated heterocycles. The molecular formula is C9H17N3O. The van der Waals surface area contributed by atoms with E-state index in [2.05, 4.69) is 10.4 Å². The van der Waals surface area contributed by atoms with Gasteiger partial charge in [-0.25, -0.2) is 0 Å². The van der Waals surface area contributed by atoms with Gasteiger partial charge >= 0.3 is 0 Å². The van der Waals surface area contributed by atoms with Gasteiger partial charge in [-0.2, -0.15) is 5.10 Å². The van der Waals surface area contributed by atoms with Crippen LogP contribution < -0.4 is 5.32 Å². The topological polar surface area (TPSA) is 50.1 Å². The normalized spacial score (nSPS) is 13.2. The van der Waals surface area contributed by atoms with Crippen LogP contribution in [0.1, 0.15) is 12.5 Å². The maximum absolute atomic E-state index is 9.54. The van der Waals surface area contributed by atoms with Crippen LogP contribution in [0.15, 0.2) is 12.4 Å². The highest BCUT2D eigenvalue weighted by atomic mass is 16.3. The predicted octanol–water partition coefficient (Wildman–Crippen LogP) is -0.0670. The molecule has 74 valence electrons. The molecule has 0 radical (unpaired) electrons. The quantitative estimate of drug-likeness (QED) is 0.672. The van der Waals surface area contributed by atoms with E-state index < -0.39 is 0 Å². The average molecular weight is 183 g/mol. The van der Waals surface area contributed by atoms with Crippen LogP contribution in [0.25, 0.3) is 0 Å². The highest BCUT2D eigenvalue weighted by molar-refractivity contribution is 5.05. The standard InChI is InChI=1S/C9H17N3O/c1-3-10-6-9(13)4-8-5-11-12(2)7-8/h5,7,9-10,13H,3-4,6H2,1-2H3. The van der Waals surface area contributed by atoms with Crippen molar-refractivity contribution in [2.45, 2.75) is 19.4 Å². The van der Waals surface area contributed by atoms with Gasteiger partial charge in [-0.05, 0) is 12.1 Å². The van der Waals surface area contributed by atoms with Crippen LogP contribution in [0.3, 0.4) is 0 Å². The van der Waals surface area contributed by atoms with E-state index in [9.17, 15) is 5.11 Å². The van der Waals surface area contributed by atoms with Crippen molar-refractivity contribution in [3.05, 3.63) is 18.0 Å². The molecule has 1 heterocycles. The Hall–Kier alpha value is -0.870. The number of aryl methyl sites for hydroxylation is 1. The number of rotatable bonds is 5. The molecule has 1 unspecified atom stereocenters. The van der Waals surface area contributed by atoms with E-state index in [0.29, 0.717) is 13.0 Å². The van der Waals surface area contributed by atoms with Crippen LogP contribution in [-0.4, -0.2) is 34.1 Å². The van der Waals surface area contributed by atoms with Crippen molar-refractivity contribution in [3.63, 3.8) is 0 Å². The number of likely N-dealkylation sites (N-methyl/N-ethyl adjacent to an activating group) is 1. The Kier molecular flexibility index (Phi) is 3.92. The summed E-state index contributed by atoms with van der Waals surface area (Å²) in [5, 5.41) is 16.7. The summed E-state index contributed by atoms with van der Waals surface area (Å²) in [4.78, 5) is 0. The van der Waals surface area contributed by atoms with E-state index in [4.69, 9.17) is 0 Å². The van der Waals surface area contributed by atoms with Gasteiger partial charge in [-0.15, -0.1) is 0 Å². The average Bonchev–Trinajstić information content (AvgIpc) is 2.48. The van der Waals surface area contributed by atoms with Crippen LogP contribution in [0, 0.1) is 0 Å². The number of nitrogens with one attached hydrogen (secondary N) is 1. The molecule has 0 aliphatic carbocycles. The van der Waals surface area contributed by atoms with E-state index in [1.807, 2.05) is 20.2 Å². The van der Waals surface area contributed by atoms with Crippen molar-refractivity contribution in [2.75, 3.05) is 13.1 Å². The summed E-state index contributed by atoms with van der Waals surface area (Å²) in [5.74, 6) is 0. The third-order valence-electron chi connectivity index (χ3n) is 1.86. The van der Waals surface area contributed by atoms with Crippen molar-refractivity contribution in [3.8, 4) is 0 Å². The molecule has 1 atom stereocenters. The Morgan fingerprint density at radius 2 is 2.46 bits per heavy atom. The van der Waals surface area contributed by atoms with Gasteiger partial charge in [0.2, 0.25) is 0 Å².